The van der Waals surface area contributed by atoms with Crippen molar-refractivity contribution >= 4 is 16.8 Å². The van der Waals surface area contributed by atoms with E-state index < -0.39 is 0 Å². The highest BCUT2D eigenvalue weighted by molar-refractivity contribution is 5.93. The molecule has 6 nitrogen and oxygen atoms in total. The summed E-state index contributed by atoms with van der Waals surface area (Å²) in [5, 5.41) is 11.3. The van der Waals surface area contributed by atoms with Crippen molar-refractivity contribution in [3.63, 3.8) is 0 Å². The normalized spacial score (nSPS) is 12.5. The Labute approximate surface area is 128 Å². The smallest absolute Gasteiger partial charge is 0.217 e. The molecule has 3 rings (SSSR count). The molecule has 0 spiro atoms. The maximum atomic E-state index is 11.3. The predicted octanol–water partition coefficient (Wildman–Crippen LogP) is 2.93. The molecule has 0 aliphatic rings. The molecule has 1 aromatic carbocycles. The summed E-state index contributed by atoms with van der Waals surface area (Å²) in [6.07, 6.45) is 3.68. The molecule has 1 atom stereocenters. The lowest BCUT2D eigenvalue weighted by molar-refractivity contribution is -0.119. The van der Waals surface area contributed by atoms with Gasteiger partial charge in [-0.2, -0.15) is 5.10 Å². The Morgan fingerprint density at radius 1 is 1.36 bits per heavy atom. The lowest BCUT2D eigenvalue weighted by atomic mass is 10.1. The van der Waals surface area contributed by atoms with Crippen LogP contribution in [0.3, 0.4) is 0 Å². The molecule has 2 aromatic heterocycles. The van der Waals surface area contributed by atoms with Crippen LogP contribution in [0.5, 0.6) is 0 Å². The molecule has 114 valence electrons. The number of hydrogen-bond donors (Lipinski definition) is 3. The summed E-state index contributed by atoms with van der Waals surface area (Å²) in [4.78, 5) is 19.1. The van der Waals surface area contributed by atoms with Gasteiger partial charge in [0, 0.05) is 29.6 Å². The van der Waals surface area contributed by atoms with Crippen molar-refractivity contribution in [3.8, 4) is 11.4 Å². The number of carbonyl (C=O) groups is 1. The summed E-state index contributed by atoms with van der Waals surface area (Å²) < 4.78 is 0. The molecular formula is C16H19N5O. The zero-order chi connectivity index (χ0) is 15.5. The fourth-order valence-electron chi connectivity index (χ4n) is 2.62. The first-order valence-electron chi connectivity index (χ1n) is 7.45. The van der Waals surface area contributed by atoms with Crippen LogP contribution >= 0.6 is 0 Å². The van der Waals surface area contributed by atoms with Crippen LogP contribution in [0, 0.1) is 0 Å². The molecule has 22 heavy (non-hydrogen) atoms. The molecule has 0 bridgehead atoms. The summed E-state index contributed by atoms with van der Waals surface area (Å²) in [6, 6.07) is 7.90. The third-order valence-electron chi connectivity index (χ3n) is 3.62. The Hall–Kier alpha value is -2.63. The molecule has 3 N–H and O–H groups in total. The average molecular weight is 297 g/mol. The summed E-state index contributed by atoms with van der Waals surface area (Å²) in [5.41, 5.74) is 2.01. The number of hydrogen-bond acceptors (Lipinski definition) is 3. The minimum atomic E-state index is -0.131. The van der Waals surface area contributed by atoms with Crippen molar-refractivity contribution < 1.29 is 4.79 Å². The molecule has 0 fully saturated rings. The Morgan fingerprint density at radius 2 is 2.18 bits per heavy atom. The SMILES string of the molecule is CCCC(NC(C)=O)c1nc(-c2c[nH]c3ccccc23)n[nH]1. The number of para-hydroxylation sites is 1. The highest BCUT2D eigenvalue weighted by atomic mass is 16.1. The van der Waals surface area contributed by atoms with E-state index >= 15 is 0 Å². The van der Waals surface area contributed by atoms with E-state index in [9.17, 15) is 4.79 Å². The van der Waals surface area contributed by atoms with E-state index in [1.165, 1.54) is 6.92 Å². The van der Waals surface area contributed by atoms with E-state index in [2.05, 4.69) is 32.4 Å². The Kier molecular flexibility index (Phi) is 3.91. The molecule has 1 unspecified atom stereocenters. The first-order chi connectivity index (χ1) is 10.7. The van der Waals surface area contributed by atoms with Gasteiger partial charge in [0.1, 0.15) is 5.82 Å². The number of H-pyrrole nitrogens is 2. The van der Waals surface area contributed by atoms with E-state index in [0.29, 0.717) is 11.6 Å². The van der Waals surface area contributed by atoms with Gasteiger partial charge in [-0.1, -0.05) is 31.5 Å². The predicted molar refractivity (Wildman–Crippen MR) is 85.1 cm³/mol. The van der Waals surface area contributed by atoms with Crippen LogP contribution in [0.1, 0.15) is 38.6 Å². The van der Waals surface area contributed by atoms with Crippen molar-refractivity contribution in [2.45, 2.75) is 32.7 Å². The van der Waals surface area contributed by atoms with Gasteiger partial charge in [-0.3, -0.25) is 9.89 Å². The van der Waals surface area contributed by atoms with E-state index in [0.717, 1.165) is 29.3 Å². The molecule has 6 heteroatoms. The first kappa shape index (κ1) is 14.3. The highest BCUT2D eigenvalue weighted by Gasteiger charge is 2.18. The van der Waals surface area contributed by atoms with Crippen LogP contribution < -0.4 is 5.32 Å². The quantitative estimate of drug-likeness (QED) is 0.676. The van der Waals surface area contributed by atoms with Gasteiger partial charge in [-0.25, -0.2) is 4.98 Å². The molecule has 0 saturated carbocycles. The fraction of sp³-hybridized carbons (Fsp3) is 0.312. The van der Waals surface area contributed by atoms with Gasteiger partial charge in [0.15, 0.2) is 5.82 Å². The Bertz CT molecular complexity index is 789. The standard InChI is InChI=1S/C16H19N5O/c1-3-6-14(18-10(2)22)16-19-15(20-21-16)12-9-17-13-8-5-4-7-11(12)13/h4-5,7-9,14,17H,3,6H2,1-2H3,(H,18,22)(H,19,20,21). The summed E-state index contributed by atoms with van der Waals surface area (Å²) >= 11 is 0. The van der Waals surface area contributed by atoms with Gasteiger partial charge in [0.05, 0.1) is 6.04 Å². The van der Waals surface area contributed by atoms with Gasteiger partial charge in [-0.15, -0.1) is 0 Å². The van der Waals surface area contributed by atoms with E-state index in [1.54, 1.807) is 0 Å². The first-order valence-corrected chi connectivity index (χ1v) is 7.45. The number of carbonyl (C=O) groups excluding carboxylic acids is 1. The van der Waals surface area contributed by atoms with Crippen molar-refractivity contribution in [3.05, 3.63) is 36.3 Å². The number of nitrogens with one attached hydrogen (secondary N) is 3. The van der Waals surface area contributed by atoms with Crippen molar-refractivity contribution in [2.24, 2.45) is 0 Å². The Morgan fingerprint density at radius 3 is 2.95 bits per heavy atom. The molecule has 0 radical (unpaired) electrons. The number of rotatable bonds is 5. The lowest BCUT2D eigenvalue weighted by Gasteiger charge is -2.13. The molecule has 0 aliphatic carbocycles. The van der Waals surface area contributed by atoms with Crippen LogP contribution in [-0.4, -0.2) is 26.1 Å². The van der Waals surface area contributed by atoms with Crippen LogP contribution in [0.4, 0.5) is 0 Å². The molecule has 0 saturated heterocycles. The van der Waals surface area contributed by atoms with Crippen molar-refractivity contribution in [2.75, 3.05) is 0 Å². The summed E-state index contributed by atoms with van der Waals surface area (Å²) in [6.45, 7) is 3.59. The van der Waals surface area contributed by atoms with Gasteiger partial charge < -0.3 is 10.3 Å². The summed E-state index contributed by atoms with van der Waals surface area (Å²) in [5.74, 6) is 1.26. The van der Waals surface area contributed by atoms with E-state index in [-0.39, 0.29) is 11.9 Å². The number of amides is 1. The number of aromatic amines is 2. The number of benzene rings is 1. The monoisotopic (exact) mass is 297 g/mol. The van der Waals surface area contributed by atoms with Crippen molar-refractivity contribution in [1.29, 1.82) is 0 Å². The average Bonchev–Trinajstić information content (AvgIpc) is 3.13. The topological polar surface area (TPSA) is 86.5 Å². The second-order valence-electron chi connectivity index (χ2n) is 5.33. The molecule has 2 heterocycles. The van der Waals surface area contributed by atoms with E-state index in [1.807, 2.05) is 30.5 Å². The maximum absolute atomic E-state index is 11.3. The van der Waals surface area contributed by atoms with Crippen LogP contribution in [0.2, 0.25) is 0 Å². The molecule has 0 aliphatic heterocycles. The minimum absolute atomic E-state index is 0.0662. The molecule has 1 amide bonds. The highest BCUT2D eigenvalue weighted by Crippen LogP contribution is 2.26. The zero-order valence-electron chi connectivity index (χ0n) is 12.7. The number of fused-ring (bicyclic) bond motifs is 1. The largest absolute Gasteiger partial charge is 0.360 e. The second-order valence-corrected chi connectivity index (χ2v) is 5.33. The zero-order valence-corrected chi connectivity index (χ0v) is 12.7. The van der Waals surface area contributed by atoms with Gasteiger partial charge in [0.25, 0.3) is 0 Å². The minimum Gasteiger partial charge on any atom is -0.360 e. The lowest BCUT2D eigenvalue weighted by Crippen LogP contribution is -2.26. The fourth-order valence-corrected chi connectivity index (χ4v) is 2.62. The third-order valence-corrected chi connectivity index (χ3v) is 3.62. The van der Waals surface area contributed by atoms with Crippen LogP contribution in [-0.2, 0) is 4.79 Å². The van der Waals surface area contributed by atoms with Gasteiger partial charge in [0.2, 0.25) is 5.91 Å². The van der Waals surface area contributed by atoms with Gasteiger partial charge in [-0.05, 0) is 12.5 Å². The second kappa shape index (κ2) is 6.01. The van der Waals surface area contributed by atoms with E-state index in [4.69, 9.17) is 0 Å². The van der Waals surface area contributed by atoms with Crippen LogP contribution in [0.25, 0.3) is 22.3 Å². The van der Waals surface area contributed by atoms with Gasteiger partial charge >= 0.3 is 0 Å². The molecule has 3 aromatic rings. The number of nitrogens with zero attached hydrogens (tertiary/aromatic N) is 2. The maximum Gasteiger partial charge on any atom is 0.217 e. The third kappa shape index (κ3) is 2.72. The van der Waals surface area contributed by atoms with Crippen molar-refractivity contribution in [1.82, 2.24) is 25.5 Å². The Balaban J connectivity index is 1.94. The van der Waals surface area contributed by atoms with Crippen LogP contribution in [0.15, 0.2) is 30.5 Å². The summed E-state index contributed by atoms with van der Waals surface area (Å²) in [7, 11) is 0. The number of aromatic nitrogens is 4. The molecular weight excluding hydrogens is 278 g/mol.